The fourth-order valence-corrected chi connectivity index (χ4v) is 3.43. The molecule has 0 radical (unpaired) electrons. The molecule has 1 aliphatic heterocycles. The molecule has 0 N–H and O–H groups in total. The third-order valence-electron chi connectivity index (χ3n) is 4.85. The lowest BCUT2D eigenvalue weighted by molar-refractivity contribution is -0.131. The smallest absolute Gasteiger partial charge is 0.229 e. The second-order valence-electron chi connectivity index (χ2n) is 7.11. The minimum absolute atomic E-state index is 0.212. The summed E-state index contributed by atoms with van der Waals surface area (Å²) in [6.07, 6.45) is 9.61. The predicted molar refractivity (Wildman–Crippen MR) is 88.1 cm³/mol. The van der Waals surface area contributed by atoms with Crippen molar-refractivity contribution < 1.29 is 9.32 Å². The highest BCUT2D eigenvalue weighted by atomic mass is 16.5. The average molecular weight is 317 g/mol. The van der Waals surface area contributed by atoms with Crippen molar-refractivity contribution in [2.45, 2.75) is 70.6 Å². The van der Waals surface area contributed by atoms with Crippen LogP contribution < -0.4 is 0 Å². The molecule has 23 heavy (non-hydrogen) atoms. The summed E-state index contributed by atoms with van der Waals surface area (Å²) >= 11 is 0. The van der Waals surface area contributed by atoms with Gasteiger partial charge in [-0.15, -0.1) is 0 Å². The first-order chi connectivity index (χ1) is 11.1. The highest BCUT2D eigenvalue weighted by molar-refractivity contribution is 5.79. The van der Waals surface area contributed by atoms with Crippen LogP contribution in [0.2, 0.25) is 0 Å². The lowest BCUT2D eigenvalue weighted by Gasteiger charge is -2.31. The molecule has 2 aliphatic rings. The molecule has 0 saturated carbocycles. The van der Waals surface area contributed by atoms with Gasteiger partial charge in [-0.25, -0.2) is 0 Å². The average Bonchev–Trinajstić information content (AvgIpc) is 3.06. The van der Waals surface area contributed by atoms with Gasteiger partial charge in [0.25, 0.3) is 0 Å². The highest BCUT2D eigenvalue weighted by Gasteiger charge is 2.28. The maximum absolute atomic E-state index is 12.6. The molecular weight excluding hydrogens is 290 g/mol. The van der Waals surface area contributed by atoms with Gasteiger partial charge in [-0.1, -0.05) is 30.7 Å². The molecule has 0 bridgehead atoms. The summed E-state index contributed by atoms with van der Waals surface area (Å²) in [5, 5.41) is 4.14. The Balaban J connectivity index is 1.60. The van der Waals surface area contributed by atoms with Crippen LogP contribution in [0, 0.1) is 0 Å². The number of piperidine rings is 1. The van der Waals surface area contributed by atoms with Crippen molar-refractivity contribution in [1.29, 1.82) is 0 Å². The van der Waals surface area contributed by atoms with Crippen LogP contribution in [-0.4, -0.2) is 34.0 Å². The van der Waals surface area contributed by atoms with Gasteiger partial charge in [-0.05, 0) is 38.5 Å². The van der Waals surface area contributed by atoms with Gasteiger partial charge < -0.3 is 9.42 Å². The van der Waals surface area contributed by atoms with Crippen molar-refractivity contribution in [1.82, 2.24) is 15.0 Å². The Morgan fingerprint density at radius 3 is 2.96 bits per heavy atom. The Kier molecular flexibility index (Phi) is 5.13. The van der Waals surface area contributed by atoms with Crippen LogP contribution in [0.15, 0.2) is 16.2 Å². The van der Waals surface area contributed by atoms with E-state index in [4.69, 9.17) is 4.52 Å². The van der Waals surface area contributed by atoms with Gasteiger partial charge in [0.05, 0.1) is 0 Å². The number of amides is 1. The molecule has 3 rings (SSSR count). The van der Waals surface area contributed by atoms with Crippen LogP contribution in [-0.2, 0) is 4.79 Å². The van der Waals surface area contributed by atoms with Crippen LogP contribution in [0.1, 0.15) is 82.3 Å². The topological polar surface area (TPSA) is 59.2 Å². The lowest BCUT2D eigenvalue weighted by Crippen LogP contribution is -2.39. The van der Waals surface area contributed by atoms with E-state index in [0.717, 1.165) is 44.6 Å². The number of rotatable bonds is 4. The summed E-state index contributed by atoms with van der Waals surface area (Å²) in [5.74, 6) is 2.18. The van der Waals surface area contributed by atoms with Gasteiger partial charge in [-0.2, -0.15) is 4.98 Å². The predicted octanol–water partition coefficient (Wildman–Crippen LogP) is 3.79. The number of likely N-dealkylation sites (tertiary alicyclic amines) is 1. The molecule has 0 spiro atoms. The van der Waals surface area contributed by atoms with Crippen molar-refractivity contribution in [3.8, 4) is 0 Å². The minimum Gasteiger partial charge on any atom is -0.342 e. The summed E-state index contributed by atoms with van der Waals surface area (Å²) in [6, 6.07) is 0. The number of hydrogen-bond donors (Lipinski definition) is 0. The molecular formula is C18H27N3O2. The minimum atomic E-state index is 0.212. The van der Waals surface area contributed by atoms with Crippen LogP contribution in [0.5, 0.6) is 0 Å². The monoisotopic (exact) mass is 317 g/mol. The molecule has 1 aromatic heterocycles. The van der Waals surface area contributed by atoms with Gasteiger partial charge in [0.15, 0.2) is 5.82 Å². The zero-order chi connectivity index (χ0) is 16.2. The van der Waals surface area contributed by atoms with Gasteiger partial charge >= 0.3 is 0 Å². The van der Waals surface area contributed by atoms with Gasteiger partial charge in [0.2, 0.25) is 11.8 Å². The van der Waals surface area contributed by atoms with Gasteiger partial charge in [-0.3, -0.25) is 4.79 Å². The molecule has 2 heterocycles. The quantitative estimate of drug-likeness (QED) is 0.793. The maximum atomic E-state index is 12.6. The molecule has 0 aromatic carbocycles. The molecule has 1 atom stereocenters. The largest absolute Gasteiger partial charge is 0.342 e. The fraction of sp³-hybridized carbons (Fsp3) is 0.722. The Morgan fingerprint density at radius 1 is 1.39 bits per heavy atom. The number of nitrogens with zero attached hydrogens (tertiary/aromatic N) is 3. The van der Waals surface area contributed by atoms with Crippen molar-refractivity contribution in [3.63, 3.8) is 0 Å². The van der Waals surface area contributed by atoms with E-state index in [0.29, 0.717) is 12.3 Å². The van der Waals surface area contributed by atoms with Crippen molar-refractivity contribution in [2.24, 2.45) is 0 Å². The molecule has 1 saturated heterocycles. The van der Waals surface area contributed by atoms with E-state index in [9.17, 15) is 4.79 Å². The van der Waals surface area contributed by atoms with Crippen LogP contribution in [0.25, 0.3) is 0 Å². The molecule has 1 aliphatic carbocycles. The number of allylic oxidation sites excluding steroid dienone is 1. The van der Waals surface area contributed by atoms with E-state index >= 15 is 0 Å². The molecule has 1 amide bonds. The number of carbonyl (C=O) groups is 1. The van der Waals surface area contributed by atoms with Crippen LogP contribution in [0.3, 0.4) is 0 Å². The van der Waals surface area contributed by atoms with Crippen LogP contribution in [0.4, 0.5) is 0 Å². The Hall–Kier alpha value is -1.65. The van der Waals surface area contributed by atoms with E-state index in [1.54, 1.807) is 0 Å². The Bertz CT molecular complexity index is 577. The summed E-state index contributed by atoms with van der Waals surface area (Å²) < 4.78 is 5.32. The van der Waals surface area contributed by atoms with Crippen molar-refractivity contribution >= 4 is 5.91 Å². The van der Waals surface area contributed by atoms with Gasteiger partial charge in [0, 0.05) is 31.3 Å². The third kappa shape index (κ3) is 4.01. The first kappa shape index (κ1) is 16.2. The number of hydrogen-bond acceptors (Lipinski definition) is 4. The third-order valence-corrected chi connectivity index (χ3v) is 4.85. The molecule has 5 heteroatoms. The van der Waals surface area contributed by atoms with E-state index in [1.165, 1.54) is 18.4 Å². The highest BCUT2D eigenvalue weighted by Crippen LogP contribution is 2.28. The number of aromatic nitrogens is 2. The zero-order valence-corrected chi connectivity index (χ0v) is 14.3. The molecule has 126 valence electrons. The molecule has 5 nitrogen and oxygen atoms in total. The van der Waals surface area contributed by atoms with Crippen LogP contribution >= 0.6 is 0 Å². The second-order valence-corrected chi connectivity index (χ2v) is 7.11. The van der Waals surface area contributed by atoms with Gasteiger partial charge in [0.1, 0.15) is 0 Å². The summed E-state index contributed by atoms with van der Waals surface area (Å²) in [6.45, 7) is 5.68. The van der Waals surface area contributed by atoms with E-state index < -0.39 is 0 Å². The normalized spacial score (nSPS) is 22.3. The standard InChI is InChI=1S/C18H27N3O2/c1-13(2)18-19-17(20-23-18)15-9-6-10-21(12-15)16(22)11-14-7-4-3-5-8-14/h7,13,15H,3-6,8-12H2,1-2H3/t15-/m1/s1. The van der Waals surface area contributed by atoms with E-state index in [1.807, 2.05) is 18.7 Å². The fourth-order valence-electron chi connectivity index (χ4n) is 3.43. The maximum Gasteiger partial charge on any atom is 0.229 e. The first-order valence-electron chi connectivity index (χ1n) is 8.92. The van der Waals surface area contributed by atoms with E-state index in [2.05, 4.69) is 16.2 Å². The summed E-state index contributed by atoms with van der Waals surface area (Å²) in [7, 11) is 0. The molecule has 0 unspecified atom stereocenters. The van der Waals surface area contributed by atoms with Crippen molar-refractivity contribution in [2.75, 3.05) is 13.1 Å². The zero-order valence-electron chi connectivity index (χ0n) is 14.3. The second kappa shape index (κ2) is 7.28. The van der Waals surface area contributed by atoms with Crippen molar-refractivity contribution in [3.05, 3.63) is 23.4 Å². The summed E-state index contributed by atoms with van der Waals surface area (Å²) in [5.41, 5.74) is 1.32. The Labute approximate surface area is 138 Å². The lowest BCUT2D eigenvalue weighted by atomic mass is 9.94. The first-order valence-corrected chi connectivity index (χ1v) is 8.92. The molecule has 1 fully saturated rings. The molecule has 1 aromatic rings. The Morgan fingerprint density at radius 2 is 2.26 bits per heavy atom. The number of carbonyl (C=O) groups excluding carboxylic acids is 1. The SMILES string of the molecule is CC(C)c1nc([C@@H]2CCCN(C(=O)CC3=CCCCC3)C2)no1. The van der Waals surface area contributed by atoms with E-state index in [-0.39, 0.29) is 17.7 Å². The summed E-state index contributed by atoms with van der Waals surface area (Å²) in [4.78, 5) is 19.1.